The van der Waals surface area contributed by atoms with Crippen LogP contribution in [0.1, 0.15) is 25.8 Å². The predicted molar refractivity (Wildman–Crippen MR) is 61.9 cm³/mol. The van der Waals surface area contributed by atoms with Crippen LogP contribution in [0.2, 0.25) is 0 Å². The molecule has 1 aliphatic heterocycles. The summed E-state index contributed by atoms with van der Waals surface area (Å²) in [5.74, 6) is 0. The second kappa shape index (κ2) is 3.62. The molecular weight excluding hydrogens is 186 g/mol. The van der Waals surface area contributed by atoms with Crippen LogP contribution in [0.15, 0.2) is 30.3 Å². The number of aliphatic hydroxyl groups is 1. The van der Waals surface area contributed by atoms with E-state index in [4.69, 9.17) is 0 Å². The van der Waals surface area contributed by atoms with Crippen LogP contribution >= 0.6 is 0 Å². The first-order valence-corrected chi connectivity index (χ1v) is 5.55. The molecule has 2 nitrogen and oxygen atoms in total. The van der Waals surface area contributed by atoms with Crippen molar-refractivity contribution < 1.29 is 5.11 Å². The number of hydrogen-bond donors (Lipinski definition) is 2. The van der Waals surface area contributed by atoms with Gasteiger partial charge in [-0.25, -0.2) is 0 Å². The van der Waals surface area contributed by atoms with Gasteiger partial charge in [-0.3, -0.25) is 0 Å². The molecule has 0 radical (unpaired) electrons. The highest BCUT2D eigenvalue weighted by Crippen LogP contribution is 2.40. The van der Waals surface area contributed by atoms with E-state index in [1.54, 1.807) is 0 Å². The van der Waals surface area contributed by atoms with Crippen molar-refractivity contribution >= 4 is 0 Å². The molecule has 0 spiro atoms. The molecule has 15 heavy (non-hydrogen) atoms. The normalized spacial score (nSPS) is 26.9. The monoisotopic (exact) mass is 205 g/mol. The van der Waals surface area contributed by atoms with Crippen LogP contribution in [0.3, 0.4) is 0 Å². The van der Waals surface area contributed by atoms with Crippen molar-refractivity contribution in [3.63, 3.8) is 0 Å². The summed E-state index contributed by atoms with van der Waals surface area (Å²) in [6, 6.07) is 10.3. The fraction of sp³-hybridized carbons (Fsp3) is 0.538. The van der Waals surface area contributed by atoms with Crippen molar-refractivity contribution in [2.45, 2.75) is 31.3 Å². The smallest absolute Gasteiger partial charge is 0.0700 e. The van der Waals surface area contributed by atoms with E-state index in [1.165, 1.54) is 5.56 Å². The van der Waals surface area contributed by atoms with Crippen molar-refractivity contribution in [2.75, 3.05) is 13.1 Å². The summed E-state index contributed by atoms with van der Waals surface area (Å²) in [5, 5.41) is 13.7. The standard InChI is InChI=1S/C13H19NO/c1-12(2,15)13(8-9-14-10-13)11-6-4-3-5-7-11/h3-7,14-15H,8-10H2,1-2H3. The van der Waals surface area contributed by atoms with E-state index in [1.807, 2.05) is 32.0 Å². The number of rotatable bonds is 2. The highest BCUT2D eigenvalue weighted by molar-refractivity contribution is 5.31. The van der Waals surface area contributed by atoms with Gasteiger partial charge in [0.05, 0.1) is 5.60 Å². The minimum absolute atomic E-state index is 0.131. The maximum atomic E-state index is 10.4. The Kier molecular flexibility index (Phi) is 2.57. The molecule has 2 rings (SSSR count). The van der Waals surface area contributed by atoms with Gasteiger partial charge in [0.15, 0.2) is 0 Å². The van der Waals surface area contributed by atoms with Crippen LogP contribution in [0.5, 0.6) is 0 Å². The third-order valence-corrected chi connectivity index (χ3v) is 3.65. The second-order valence-corrected chi connectivity index (χ2v) is 4.93. The maximum Gasteiger partial charge on any atom is 0.0700 e. The highest BCUT2D eigenvalue weighted by atomic mass is 16.3. The average Bonchev–Trinajstić information content (AvgIpc) is 2.68. The van der Waals surface area contributed by atoms with Gasteiger partial charge in [0.2, 0.25) is 0 Å². The molecule has 1 unspecified atom stereocenters. The molecule has 1 saturated heterocycles. The fourth-order valence-electron chi connectivity index (χ4n) is 2.57. The summed E-state index contributed by atoms with van der Waals surface area (Å²) in [5.41, 5.74) is 0.425. The summed E-state index contributed by atoms with van der Waals surface area (Å²) < 4.78 is 0. The quantitative estimate of drug-likeness (QED) is 0.770. The average molecular weight is 205 g/mol. The largest absolute Gasteiger partial charge is 0.389 e. The van der Waals surface area contributed by atoms with Crippen LogP contribution in [-0.2, 0) is 5.41 Å². The van der Waals surface area contributed by atoms with Crippen LogP contribution in [0.4, 0.5) is 0 Å². The van der Waals surface area contributed by atoms with Gasteiger partial charge in [0.1, 0.15) is 0 Å². The lowest BCUT2D eigenvalue weighted by Crippen LogP contribution is -2.48. The predicted octanol–water partition coefficient (Wildman–Crippen LogP) is 1.69. The molecular formula is C13H19NO. The fourth-order valence-corrected chi connectivity index (χ4v) is 2.57. The second-order valence-electron chi connectivity index (χ2n) is 4.93. The lowest BCUT2D eigenvalue weighted by molar-refractivity contribution is 0.00148. The molecule has 0 amide bonds. The highest BCUT2D eigenvalue weighted by Gasteiger charge is 2.47. The molecule has 1 atom stereocenters. The molecule has 0 aliphatic carbocycles. The SMILES string of the molecule is CC(C)(O)C1(c2ccccc2)CCNC1. The maximum absolute atomic E-state index is 10.4. The molecule has 1 heterocycles. The zero-order valence-corrected chi connectivity index (χ0v) is 9.46. The molecule has 0 bridgehead atoms. The molecule has 0 aromatic heterocycles. The first-order valence-electron chi connectivity index (χ1n) is 5.55. The summed E-state index contributed by atoms with van der Waals surface area (Å²) >= 11 is 0. The van der Waals surface area contributed by atoms with E-state index in [9.17, 15) is 5.11 Å². The van der Waals surface area contributed by atoms with E-state index in [0.717, 1.165) is 19.5 Å². The van der Waals surface area contributed by atoms with Crippen molar-refractivity contribution in [3.8, 4) is 0 Å². The molecule has 0 saturated carbocycles. The summed E-state index contributed by atoms with van der Waals surface area (Å²) in [6.45, 7) is 5.67. The minimum atomic E-state index is -0.683. The lowest BCUT2D eigenvalue weighted by atomic mass is 9.68. The van der Waals surface area contributed by atoms with Gasteiger partial charge in [-0.2, -0.15) is 0 Å². The molecule has 1 fully saturated rings. The Morgan fingerprint density at radius 2 is 1.93 bits per heavy atom. The molecule has 1 aromatic rings. The summed E-state index contributed by atoms with van der Waals surface area (Å²) in [4.78, 5) is 0. The minimum Gasteiger partial charge on any atom is -0.389 e. The van der Waals surface area contributed by atoms with Gasteiger partial charge in [0.25, 0.3) is 0 Å². The van der Waals surface area contributed by atoms with E-state index in [2.05, 4.69) is 17.4 Å². The van der Waals surface area contributed by atoms with E-state index >= 15 is 0 Å². The first-order chi connectivity index (χ1) is 7.06. The van der Waals surface area contributed by atoms with Gasteiger partial charge in [-0.1, -0.05) is 30.3 Å². The number of nitrogens with one attached hydrogen (secondary N) is 1. The Hall–Kier alpha value is -0.860. The molecule has 1 aliphatic rings. The Morgan fingerprint density at radius 1 is 1.27 bits per heavy atom. The third-order valence-electron chi connectivity index (χ3n) is 3.65. The molecule has 82 valence electrons. The zero-order chi connectivity index (χ0) is 10.9. The topological polar surface area (TPSA) is 32.3 Å². The van der Waals surface area contributed by atoms with Crippen molar-refractivity contribution in [2.24, 2.45) is 0 Å². The van der Waals surface area contributed by atoms with Gasteiger partial charge < -0.3 is 10.4 Å². The van der Waals surface area contributed by atoms with Gasteiger partial charge in [-0.15, -0.1) is 0 Å². The van der Waals surface area contributed by atoms with Gasteiger partial charge >= 0.3 is 0 Å². The van der Waals surface area contributed by atoms with Crippen LogP contribution in [0.25, 0.3) is 0 Å². The Balaban J connectivity index is 2.44. The lowest BCUT2D eigenvalue weighted by Gasteiger charge is -2.40. The van der Waals surface area contributed by atoms with E-state index in [0.29, 0.717) is 0 Å². The Bertz CT molecular complexity index is 320. The summed E-state index contributed by atoms with van der Waals surface area (Å²) in [7, 11) is 0. The molecule has 2 heteroatoms. The van der Waals surface area contributed by atoms with Gasteiger partial charge in [0, 0.05) is 12.0 Å². The van der Waals surface area contributed by atoms with Crippen LogP contribution in [-0.4, -0.2) is 23.8 Å². The zero-order valence-electron chi connectivity index (χ0n) is 9.46. The van der Waals surface area contributed by atoms with E-state index < -0.39 is 5.60 Å². The third kappa shape index (κ3) is 1.68. The van der Waals surface area contributed by atoms with Crippen LogP contribution in [0, 0.1) is 0 Å². The summed E-state index contributed by atoms with van der Waals surface area (Å²) in [6.07, 6.45) is 1.00. The number of hydrogen-bond acceptors (Lipinski definition) is 2. The van der Waals surface area contributed by atoms with Crippen molar-refractivity contribution in [1.82, 2.24) is 5.32 Å². The van der Waals surface area contributed by atoms with Gasteiger partial charge in [-0.05, 0) is 32.4 Å². The van der Waals surface area contributed by atoms with Crippen LogP contribution < -0.4 is 5.32 Å². The Morgan fingerprint density at radius 3 is 2.40 bits per heavy atom. The van der Waals surface area contributed by atoms with Crippen molar-refractivity contribution in [3.05, 3.63) is 35.9 Å². The first kappa shape index (κ1) is 10.7. The number of benzene rings is 1. The van der Waals surface area contributed by atoms with E-state index in [-0.39, 0.29) is 5.41 Å². The van der Waals surface area contributed by atoms with Crippen molar-refractivity contribution in [1.29, 1.82) is 0 Å². The Labute approximate surface area is 91.3 Å². The molecule has 2 N–H and O–H groups in total. The molecule has 1 aromatic carbocycles.